The van der Waals surface area contributed by atoms with Gasteiger partial charge >= 0.3 is 5.97 Å². The van der Waals surface area contributed by atoms with Gasteiger partial charge in [-0.05, 0) is 18.1 Å². The van der Waals surface area contributed by atoms with E-state index >= 15 is 0 Å². The molecule has 0 saturated heterocycles. The summed E-state index contributed by atoms with van der Waals surface area (Å²) in [7, 11) is 0. The summed E-state index contributed by atoms with van der Waals surface area (Å²) in [6.07, 6.45) is 0.747. The van der Waals surface area contributed by atoms with E-state index in [1.54, 1.807) is 0 Å². The summed E-state index contributed by atoms with van der Waals surface area (Å²) in [6.45, 7) is 0. The Hall–Kier alpha value is -2.26. The van der Waals surface area contributed by atoms with E-state index in [1.807, 2.05) is 30.3 Å². The lowest BCUT2D eigenvalue weighted by atomic mass is 10.0. The number of carboxylic acids is 1. The summed E-state index contributed by atoms with van der Waals surface area (Å²) in [5.74, 6) is 4.77. The van der Waals surface area contributed by atoms with Crippen molar-refractivity contribution in [1.82, 2.24) is 0 Å². The summed E-state index contributed by atoms with van der Waals surface area (Å²) in [5.41, 5.74) is 1.72. The molecule has 0 heterocycles. The number of benzene rings is 1. The molecule has 0 aliphatic rings. The molecular weight excluding hydrogens is 202 g/mol. The molecule has 3 nitrogen and oxygen atoms in total. The van der Waals surface area contributed by atoms with Gasteiger partial charge in [0.2, 0.25) is 0 Å². The van der Waals surface area contributed by atoms with Crippen molar-refractivity contribution in [3.8, 4) is 17.9 Å². The molecule has 0 aliphatic heterocycles. The number of nitrogens with zero attached hydrogens (tertiary/aromatic N) is 1. The van der Waals surface area contributed by atoms with Gasteiger partial charge in [0.05, 0.1) is 12.5 Å². The van der Waals surface area contributed by atoms with Crippen molar-refractivity contribution >= 4 is 5.97 Å². The first kappa shape index (κ1) is 11.8. The topological polar surface area (TPSA) is 61.1 Å². The van der Waals surface area contributed by atoms with Gasteiger partial charge in [-0.1, -0.05) is 30.0 Å². The van der Waals surface area contributed by atoms with E-state index < -0.39 is 5.97 Å². The van der Waals surface area contributed by atoms with Crippen molar-refractivity contribution in [1.29, 1.82) is 5.26 Å². The zero-order valence-corrected chi connectivity index (χ0v) is 8.73. The monoisotopic (exact) mass is 213 g/mol. The minimum atomic E-state index is -0.820. The first-order valence-corrected chi connectivity index (χ1v) is 4.89. The third-order valence-electron chi connectivity index (χ3n) is 2.02. The Bertz CT molecular complexity index is 475. The van der Waals surface area contributed by atoms with Crippen LogP contribution in [0.15, 0.2) is 24.3 Å². The number of carboxylic acid groups (broad SMARTS) is 1. The first-order chi connectivity index (χ1) is 7.74. The molecule has 0 aromatic heterocycles. The van der Waals surface area contributed by atoms with Gasteiger partial charge in [0.25, 0.3) is 0 Å². The summed E-state index contributed by atoms with van der Waals surface area (Å²) in [4.78, 5) is 10.5. The molecule has 0 amide bonds. The quantitative estimate of drug-likeness (QED) is 0.781. The predicted molar refractivity (Wildman–Crippen MR) is 59.5 cm³/mol. The fourth-order valence-corrected chi connectivity index (χ4v) is 1.28. The lowest BCUT2D eigenvalue weighted by molar-refractivity contribution is -0.136. The van der Waals surface area contributed by atoms with E-state index in [1.165, 1.54) is 0 Å². The van der Waals surface area contributed by atoms with E-state index in [4.69, 9.17) is 10.4 Å². The van der Waals surface area contributed by atoms with Gasteiger partial charge in [-0.2, -0.15) is 5.26 Å². The van der Waals surface area contributed by atoms with E-state index in [9.17, 15) is 4.79 Å². The molecule has 0 aliphatic carbocycles. The average molecular weight is 213 g/mol. The van der Waals surface area contributed by atoms with Gasteiger partial charge in [0.1, 0.15) is 0 Å². The van der Waals surface area contributed by atoms with Gasteiger partial charge in [-0.3, -0.25) is 4.79 Å². The Labute approximate surface area is 94.3 Å². The molecule has 0 bridgehead atoms. The van der Waals surface area contributed by atoms with Crippen molar-refractivity contribution in [2.75, 3.05) is 0 Å². The second-order valence-electron chi connectivity index (χ2n) is 3.19. The first-order valence-electron chi connectivity index (χ1n) is 4.89. The number of nitriles is 1. The van der Waals surface area contributed by atoms with Crippen molar-refractivity contribution in [2.24, 2.45) is 0 Å². The molecular formula is C13H11NO2. The lowest BCUT2D eigenvalue weighted by Gasteiger charge is -2.01. The Balaban J connectivity index is 2.81. The third-order valence-corrected chi connectivity index (χ3v) is 2.02. The van der Waals surface area contributed by atoms with Gasteiger partial charge < -0.3 is 5.11 Å². The molecule has 1 rings (SSSR count). The molecule has 0 radical (unpaired) electrons. The highest BCUT2D eigenvalue weighted by molar-refractivity contribution is 5.67. The van der Waals surface area contributed by atoms with E-state index in [2.05, 4.69) is 11.8 Å². The Morgan fingerprint density at radius 3 is 2.81 bits per heavy atom. The van der Waals surface area contributed by atoms with Crippen LogP contribution in [0.25, 0.3) is 0 Å². The zero-order valence-electron chi connectivity index (χ0n) is 8.73. The molecule has 16 heavy (non-hydrogen) atoms. The van der Waals surface area contributed by atoms with Gasteiger partial charge in [-0.15, -0.1) is 0 Å². The van der Waals surface area contributed by atoms with Crippen LogP contribution in [-0.4, -0.2) is 11.1 Å². The van der Waals surface area contributed by atoms with Crippen LogP contribution in [0.4, 0.5) is 0 Å². The highest BCUT2D eigenvalue weighted by Gasteiger charge is 2.02. The maximum atomic E-state index is 10.5. The van der Waals surface area contributed by atoms with E-state index in [-0.39, 0.29) is 12.8 Å². The minimum Gasteiger partial charge on any atom is -0.481 e. The normalized spacial score (nSPS) is 8.69. The lowest BCUT2D eigenvalue weighted by Crippen LogP contribution is -1.99. The molecule has 0 atom stereocenters. The van der Waals surface area contributed by atoms with Crippen molar-refractivity contribution < 1.29 is 9.90 Å². The van der Waals surface area contributed by atoms with Crippen LogP contribution in [-0.2, 0) is 11.2 Å². The fraction of sp³-hybridized carbons (Fsp3) is 0.231. The fourth-order valence-electron chi connectivity index (χ4n) is 1.28. The van der Waals surface area contributed by atoms with Crippen LogP contribution in [0.5, 0.6) is 0 Å². The molecule has 0 saturated carbocycles. The van der Waals surface area contributed by atoms with Crippen molar-refractivity contribution in [3.63, 3.8) is 0 Å². The summed E-state index contributed by atoms with van der Waals surface area (Å²) >= 11 is 0. The van der Waals surface area contributed by atoms with Gasteiger partial charge in [-0.25, -0.2) is 0 Å². The molecule has 0 fully saturated rings. The summed E-state index contributed by atoms with van der Waals surface area (Å²) in [5, 5.41) is 17.0. The molecule has 0 spiro atoms. The highest BCUT2D eigenvalue weighted by Crippen LogP contribution is 2.09. The van der Waals surface area contributed by atoms with Gasteiger partial charge in [0, 0.05) is 12.0 Å². The molecule has 1 aromatic carbocycles. The van der Waals surface area contributed by atoms with Crippen molar-refractivity contribution in [2.45, 2.75) is 19.3 Å². The molecule has 1 N–H and O–H groups in total. The second-order valence-corrected chi connectivity index (χ2v) is 3.19. The largest absolute Gasteiger partial charge is 0.481 e. The molecule has 80 valence electrons. The molecule has 3 heteroatoms. The summed E-state index contributed by atoms with van der Waals surface area (Å²) in [6, 6.07) is 9.34. The van der Waals surface area contributed by atoms with Crippen LogP contribution in [0.2, 0.25) is 0 Å². The number of carbonyl (C=O) groups is 1. The van der Waals surface area contributed by atoms with Gasteiger partial charge in [0.15, 0.2) is 0 Å². The minimum absolute atomic E-state index is 0.0942. The Kier molecular flexibility index (Phi) is 4.63. The van der Waals surface area contributed by atoms with Crippen LogP contribution < -0.4 is 0 Å². The SMILES string of the molecule is N#CCC#Cc1ccccc1CCC(=O)O. The maximum Gasteiger partial charge on any atom is 0.303 e. The van der Waals surface area contributed by atoms with Crippen molar-refractivity contribution in [3.05, 3.63) is 35.4 Å². The van der Waals surface area contributed by atoms with Crippen LogP contribution in [0.1, 0.15) is 24.0 Å². The number of aryl methyl sites for hydroxylation is 1. The molecule has 1 aromatic rings. The average Bonchev–Trinajstić information content (AvgIpc) is 2.28. The molecule has 0 unspecified atom stereocenters. The van der Waals surface area contributed by atoms with Crippen LogP contribution >= 0.6 is 0 Å². The Morgan fingerprint density at radius 1 is 1.38 bits per heavy atom. The number of aliphatic carboxylic acids is 1. The van der Waals surface area contributed by atoms with E-state index in [0.717, 1.165) is 11.1 Å². The standard InChI is InChI=1S/C13H11NO2/c14-10-4-3-7-11-5-1-2-6-12(11)8-9-13(15)16/h1-2,5-6H,4,8-9H2,(H,15,16). The third kappa shape index (κ3) is 3.86. The predicted octanol–water partition coefficient (Wildman–Crippen LogP) is 1.97. The number of rotatable bonds is 3. The smallest absolute Gasteiger partial charge is 0.303 e. The Morgan fingerprint density at radius 2 is 2.12 bits per heavy atom. The zero-order chi connectivity index (χ0) is 11.8. The maximum absolute atomic E-state index is 10.5. The summed E-state index contributed by atoms with van der Waals surface area (Å²) < 4.78 is 0. The second kappa shape index (κ2) is 6.27. The number of hydrogen-bond acceptors (Lipinski definition) is 2. The van der Waals surface area contributed by atoms with Crippen LogP contribution in [0.3, 0.4) is 0 Å². The number of hydrogen-bond donors (Lipinski definition) is 1. The van der Waals surface area contributed by atoms with E-state index in [0.29, 0.717) is 6.42 Å². The highest BCUT2D eigenvalue weighted by atomic mass is 16.4. The van der Waals surface area contributed by atoms with Crippen LogP contribution in [0, 0.1) is 23.2 Å².